The van der Waals surface area contributed by atoms with E-state index in [4.69, 9.17) is 14.2 Å². The van der Waals surface area contributed by atoms with Gasteiger partial charge in [-0.2, -0.15) is 0 Å². The van der Waals surface area contributed by atoms with Crippen molar-refractivity contribution in [1.82, 2.24) is 4.90 Å². The lowest BCUT2D eigenvalue weighted by Crippen LogP contribution is -2.53. The summed E-state index contributed by atoms with van der Waals surface area (Å²) < 4.78 is 15.7. The van der Waals surface area contributed by atoms with Crippen molar-refractivity contribution in [2.24, 2.45) is 0 Å². The zero-order valence-corrected chi connectivity index (χ0v) is 12.6. The van der Waals surface area contributed by atoms with Gasteiger partial charge in [0.25, 0.3) is 0 Å². The molecule has 1 rings (SSSR count). The van der Waals surface area contributed by atoms with Gasteiger partial charge in [0.05, 0.1) is 13.2 Å². The van der Waals surface area contributed by atoms with Gasteiger partial charge in [-0.15, -0.1) is 0 Å². The molecule has 1 heterocycles. The fraction of sp³-hybridized carbons (Fsp3) is 0.846. The fourth-order valence-electron chi connectivity index (χ4n) is 2.18. The molecule has 1 amide bonds. The molecule has 0 bridgehead atoms. The van der Waals surface area contributed by atoms with E-state index in [2.05, 4.69) is 0 Å². The molecule has 0 aromatic heterocycles. The number of nitrogens with zero attached hydrogens (tertiary/aromatic N) is 1. The maximum Gasteiger partial charge on any atom is 0.413 e. The van der Waals surface area contributed by atoms with E-state index in [-0.39, 0.29) is 0 Å². The quantitative estimate of drug-likeness (QED) is 0.683. The van der Waals surface area contributed by atoms with Crippen LogP contribution in [-0.4, -0.2) is 47.5 Å². The van der Waals surface area contributed by atoms with E-state index in [1.807, 2.05) is 0 Å². The second kappa shape index (κ2) is 5.00. The van der Waals surface area contributed by atoms with Gasteiger partial charge in [-0.1, -0.05) is 0 Å². The molecule has 0 saturated carbocycles. The lowest BCUT2D eigenvalue weighted by molar-refractivity contribution is -0.147. The first kappa shape index (κ1) is 15.8. The highest BCUT2D eigenvalue weighted by Crippen LogP contribution is 2.34. The Bertz CT molecular complexity index is 372. The molecule has 0 spiro atoms. The van der Waals surface area contributed by atoms with Crippen LogP contribution in [0, 0.1) is 0 Å². The average molecular weight is 273 g/mol. The number of carbonyl (C=O) groups excluding carboxylic acids is 2. The summed E-state index contributed by atoms with van der Waals surface area (Å²) in [7, 11) is 1.29. The number of carbonyl (C=O) groups is 2. The number of hydrogen-bond donors (Lipinski definition) is 0. The standard InChI is InChI=1S/C13H23NO5/c1-8-9(10(15)17-7)14(13(5,6)18-8)11(16)19-12(2,3)4/h8-9H,1-7H3/t8-,9-/m1/s1. The van der Waals surface area contributed by atoms with Crippen LogP contribution in [0.15, 0.2) is 0 Å². The molecule has 6 nitrogen and oxygen atoms in total. The van der Waals surface area contributed by atoms with Crippen LogP contribution < -0.4 is 0 Å². The van der Waals surface area contributed by atoms with E-state index in [9.17, 15) is 9.59 Å². The zero-order chi connectivity index (χ0) is 15.0. The van der Waals surface area contributed by atoms with Gasteiger partial charge < -0.3 is 14.2 Å². The van der Waals surface area contributed by atoms with Crippen molar-refractivity contribution in [2.75, 3.05) is 7.11 Å². The van der Waals surface area contributed by atoms with Gasteiger partial charge in [-0.25, -0.2) is 9.59 Å². The first-order chi connectivity index (χ1) is 8.49. The van der Waals surface area contributed by atoms with Crippen molar-refractivity contribution < 1.29 is 23.8 Å². The van der Waals surface area contributed by atoms with Crippen LogP contribution in [0.25, 0.3) is 0 Å². The molecule has 0 N–H and O–H groups in total. The SMILES string of the molecule is COC(=O)[C@H]1[C@@H](C)OC(C)(C)N1C(=O)OC(C)(C)C. The third-order valence-electron chi connectivity index (χ3n) is 2.81. The average Bonchev–Trinajstić information content (AvgIpc) is 2.44. The van der Waals surface area contributed by atoms with Gasteiger partial charge in [0.1, 0.15) is 11.3 Å². The number of ether oxygens (including phenoxy) is 3. The lowest BCUT2D eigenvalue weighted by atomic mass is 10.1. The molecule has 1 aliphatic heterocycles. The molecular weight excluding hydrogens is 250 g/mol. The summed E-state index contributed by atoms with van der Waals surface area (Å²) in [5, 5.41) is 0. The first-order valence-corrected chi connectivity index (χ1v) is 6.27. The summed E-state index contributed by atoms with van der Waals surface area (Å²) in [5.41, 5.74) is -1.56. The third kappa shape index (κ3) is 3.37. The van der Waals surface area contributed by atoms with Crippen LogP contribution in [-0.2, 0) is 19.0 Å². The maximum absolute atomic E-state index is 12.3. The zero-order valence-electron chi connectivity index (χ0n) is 12.6. The molecule has 0 aromatic rings. The summed E-state index contributed by atoms with van der Waals surface area (Å²) in [4.78, 5) is 25.4. The van der Waals surface area contributed by atoms with Gasteiger partial charge in [-0.05, 0) is 41.5 Å². The van der Waals surface area contributed by atoms with Crippen molar-refractivity contribution in [2.45, 2.75) is 65.0 Å². The normalized spacial score (nSPS) is 26.2. The first-order valence-electron chi connectivity index (χ1n) is 6.27. The highest BCUT2D eigenvalue weighted by molar-refractivity contribution is 5.83. The van der Waals surface area contributed by atoms with Crippen molar-refractivity contribution in [3.05, 3.63) is 0 Å². The Morgan fingerprint density at radius 1 is 1.26 bits per heavy atom. The maximum atomic E-state index is 12.3. The predicted molar refractivity (Wildman–Crippen MR) is 68.5 cm³/mol. The Morgan fingerprint density at radius 2 is 1.79 bits per heavy atom. The molecule has 6 heteroatoms. The molecule has 1 fully saturated rings. The van der Waals surface area contributed by atoms with Gasteiger partial charge in [0.2, 0.25) is 0 Å². The molecular formula is C13H23NO5. The minimum Gasteiger partial charge on any atom is -0.467 e. The Balaban J connectivity index is 3.04. The largest absolute Gasteiger partial charge is 0.467 e. The van der Waals surface area contributed by atoms with Crippen LogP contribution in [0.1, 0.15) is 41.5 Å². The van der Waals surface area contributed by atoms with Gasteiger partial charge in [0, 0.05) is 0 Å². The molecule has 19 heavy (non-hydrogen) atoms. The van der Waals surface area contributed by atoms with E-state index >= 15 is 0 Å². The monoisotopic (exact) mass is 273 g/mol. The van der Waals surface area contributed by atoms with Crippen molar-refractivity contribution in [3.63, 3.8) is 0 Å². The van der Waals surface area contributed by atoms with Crippen molar-refractivity contribution in [3.8, 4) is 0 Å². The van der Waals surface area contributed by atoms with E-state index in [1.54, 1.807) is 41.5 Å². The lowest BCUT2D eigenvalue weighted by Gasteiger charge is -2.34. The number of methoxy groups -OCH3 is 1. The van der Waals surface area contributed by atoms with E-state index in [1.165, 1.54) is 12.0 Å². The molecule has 2 atom stereocenters. The topological polar surface area (TPSA) is 65.1 Å². The van der Waals surface area contributed by atoms with E-state index < -0.39 is 35.5 Å². The van der Waals surface area contributed by atoms with E-state index in [0.29, 0.717) is 0 Å². The molecule has 1 saturated heterocycles. The molecule has 0 unspecified atom stereocenters. The summed E-state index contributed by atoms with van der Waals surface area (Å²) in [6.45, 7) is 10.5. The summed E-state index contributed by atoms with van der Waals surface area (Å²) in [5.74, 6) is -0.510. The molecule has 0 radical (unpaired) electrons. The minimum atomic E-state index is -0.916. The third-order valence-corrected chi connectivity index (χ3v) is 2.81. The second-order valence-electron chi connectivity index (χ2n) is 6.09. The molecule has 0 aromatic carbocycles. The highest BCUT2D eigenvalue weighted by atomic mass is 16.6. The van der Waals surface area contributed by atoms with Crippen LogP contribution >= 0.6 is 0 Å². The number of amides is 1. The van der Waals surface area contributed by atoms with Gasteiger partial charge in [0.15, 0.2) is 6.04 Å². The van der Waals surface area contributed by atoms with Gasteiger partial charge >= 0.3 is 12.1 Å². The van der Waals surface area contributed by atoms with Gasteiger partial charge in [-0.3, -0.25) is 4.90 Å². The van der Waals surface area contributed by atoms with Crippen LogP contribution in [0.3, 0.4) is 0 Å². The predicted octanol–water partition coefficient (Wildman–Crippen LogP) is 1.92. The summed E-state index contributed by atoms with van der Waals surface area (Å²) in [6, 6.07) is -0.796. The Kier molecular flexibility index (Phi) is 4.14. The second-order valence-corrected chi connectivity index (χ2v) is 6.09. The molecule has 0 aliphatic carbocycles. The highest BCUT2D eigenvalue weighted by Gasteiger charge is 2.53. The van der Waals surface area contributed by atoms with E-state index in [0.717, 1.165) is 0 Å². The smallest absolute Gasteiger partial charge is 0.413 e. The number of rotatable bonds is 1. The summed E-state index contributed by atoms with van der Waals surface area (Å²) >= 11 is 0. The minimum absolute atomic E-state index is 0.449. The molecule has 1 aliphatic rings. The van der Waals surface area contributed by atoms with Crippen molar-refractivity contribution >= 4 is 12.1 Å². The van der Waals surface area contributed by atoms with Crippen LogP contribution in [0.2, 0.25) is 0 Å². The number of esters is 1. The van der Waals surface area contributed by atoms with Crippen LogP contribution in [0.5, 0.6) is 0 Å². The Morgan fingerprint density at radius 3 is 2.21 bits per heavy atom. The Hall–Kier alpha value is -1.30. The molecule has 110 valence electrons. The fourth-order valence-corrected chi connectivity index (χ4v) is 2.18. The Labute approximate surface area is 114 Å². The summed E-state index contributed by atoms with van der Waals surface area (Å²) in [6.07, 6.45) is -1.03. The van der Waals surface area contributed by atoms with Crippen molar-refractivity contribution in [1.29, 1.82) is 0 Å². The number of hydrogen-bond acceptors (Lipinski definition) is 5. The van der Waals surface area contributed by atoms with Crippen LogP contribution in [0.4, 0.5) is 4.79 Å².